The number of carbonyl (C=O) groups is 1. The van der Waals surface area contributed by atoms with Gasteiger partial charge >= 0.3 is 0 Å². The molecule has 30 heavy (non-hydrogen) atoms. The van der Waals surface area contributed by atoms with E-state index < -0.39 is 5.82 Å². The van der Waals surface area contributed by atoms with E-state index in [4.69, 9.17) is 16.3 Å². The summed E-state index contributed by atoms with van der Waals surface area (Å²) in [7, 11) is 0. The highest BCUT2D eigenvalue weighted by atomic mass is 35.5. The Morgan fingerprint density at radius 3 is 2.83 bits per heavy atom. The molecule has 3 aromatic rings. The molecule has 1 amide bonds. The topological polar surface area (TPSA) is 60.2 Å². The van der Waals surface area contributed by atoms with Crippen LogP contribution in [-0.2, 0) is 0 Å². The number of hydrogen-bond acceptors (Lipinski definition) is 4. The van der Waals surface area contributed by atoms with Gasteiger partial charge in [-0.15, -0.1) is 0 Å². The third kappa shape index (κ3) is 4.46. The second kappa shape index (κ2) is 8.83. The van der Waals surface area contributed by atoms with Gasteiger partial charge in [-0.25, -0.2) is 4.39 Å². The van der Waals surface area contributed by atoms with Crippen molar-refractivity contribution in [3.05, 3.63) is 70.8 Å². The van der Waals surface area contributed by atoms with E-state index in [9.17, 15) is 9.18 Å². The van der Waals surface area contributed by atoms with Crippen LogP contribution in [-0.4, -0.2) is 45.5 Å². The molecule has 1 aliphatic rings. The van der Waals surface area contributed by atoms with Crippen molar-refractivity contribution in [2.45, 2.75) is 19.8 Å². The Hall–Kier alpha value is -2.93. The Balaban J connectivity index is 1.47. The lowest BCUT2D eigenvalue weighted by Crippen LogP contribution is -2.42. The second-order valence-electron chi connectivity index (χ2n) is 7.46. The molecule has 1 atom stereocenters. The number of nitrogens with zero attached hydrogens (tertiary/aromatic N) is 4. The highest BCUT2D eigenvalue weighted by Crippen LogP contribution is 2.26. The van der Waals surface area contributed by atoms with Crippen LogP contribution in [0.1, 0.15) is 28.8 Å². The Bertz CT molecular complexity index is 1040. The first-order chi connectivity index (χ1) is 14.5. The van der Waals surface area contributed by atoms with Crippen LogP contribution >= 0.6 is 11.6 Å². The minimum Gasteiger partial charge on any atom is -0.493 e. The summed E-state index contributed by atoms with van der Waals surface area (Å²) < 4.78 is 19.8. The van der Waals surface area contributed by atoms with Crippen molar-refractivity contribution in [3.8, 4) is 11.4 Å². The first-order valence-corrected chi connectivity index (χ1v) is 10.2. The average Bonchev–Trinajstić information content (AvgIpc) is 3.29. The maximum atomic E-state index is 13.8. The molecule has 8 heteroatoms. The zero-order valence-corrected chi connectivity index (χ0v) is 17.3. The molecule has 156 valence electrons. The van der Waals surface area contributed by atoms with E-state index in [-0.39, 0.29) is 11.8 Å². The number of rotatable bonds is 5. The van der Waals surface area contributed by atoms with E-state index in [0.717, 1.165) is 24.2 Å². The van der Waals surface area contributed by atoms with E-state index in [2.05, 4.69) is 10.2 Å². The van der Waals surface area contributed by atoms with Crippen molar-refractivity contribution < 1.29 is 13.9 Å². The molecule has 0 bridgehead atoms. The number of hydrogen-bond donors (Lipinski definition) is 0. The fourth-order valence-electron chi connectivity index (χ4n) is 3.68. The molecule has 0 unspecified atom stereocenters. The first-order valence-electron chi connectivity index (χ1n) is 9.86. The summed E-state index contributed by atoms with van der Waals surface area (Å²) in [5.74, 6) is 0.357. The predicted octanol–water partition coefficient (Wildman–Crippen LogP) is 4.30. The summed E-state index contributed by atoms with van der Waals surface area (Å²) in [4.78, 5) is 16.3. The lowest BCUT2D eigenvalue weighted by atomic mass is 9.98. The van der Waals surface area contributed by atoms with Gasteiger partial charge in [-0.3, -0.25) is 4.79 Å². The molecule has 1 aliphatic heterocycles. The van der Waals surface area contributed by atoms with Gasteiger partial charge in [-0.1, -0.05) is 17.7 Å². The van der Waals surface area contributed by atoms with Gasteiger partial charge in [0.2, 0.25) is 0 Å². The summed E-state index contributed by atoms with van der Waals surface area (Å²) >= 11 is 6.07. The normalized spacial score (nSPS) is 16.5. The van der Waals surface area contributed by atoms with Crippen LogP contribution in [0.5, 0.6) is 5.75 Å². The van der Waals surface area contributed by atoms with E-state index in [0.29, 0.717) is 36.0 Å². The monoisotopic (exact) mass is 428 g/mol. The maximum Gasteiger partial charge on any atom is 0.256 e. The molecule has 1 aromatic heterocycles. The van der Waals surface area contributed by atoms with Crippen molar-refractivity contribution in [2.24, 2.45) is 5.92 Å². The number of amides is 1. The molecule has 6 nitrogen and oxygen atoms in total. The Kier molecular flexibility index (Phi) is 5.99. The van der Waals surface area contributed by atoms with Crippen LogP contribution in [0.2, 0.25) is 5.02 Å². The van der Waals surface area contributed by atoms with Crippen LogP contribution in [0.3, 0.4) is 0 Å². The summed E-state index contributed by atoms with van der Waals surface area (Å²) in [6.45, 7) is 3.69. The highest BCUT2D eigenvalue weighted by molar-refractivity contribution is 6.30. The Morgan fingerprint density at radius 1 is 1.23 bits per heavy atom. The predicted molar refractivity (Wildman–Crippen MR) is 112 cm³/mol. The fraction of sp³-hybridized carbons (Fsp3) is 0.318. The van der Waals surface area contributed by atoms with Gasteiger partial charge in [-0.05, 0) is 49.6 Å². The largest absolute Gasteiger partial charge is 0.493 e. The Morgan fingerprint density at radius 2 is 2.03 bits per heavy atom. The molecule has 0 saturated carbocycles. The van der Waals surface area contributed by atoms with E-state index >= 15 is 0 Å². The lowest BCUT2D eigenvalue weighted by Gasteiger charge is -2.33. The smallest absolute Gasteiger partial charge is 0.256 e. The molecule has 2 aromatic carbocycles. The molecular formula is C22H22ClFN4O2. The lowest BCUT2D eigenvalue weighted by molar-refractivity contribution is 0.0632. The van der Waals surface area contributed by atoms with Crippen LogP contribution in [0.25, 0.3) is 5.69 Å². The summed E-state index contributed by atoms with van der Waals surface area (Å²) in [5, 5.41) is 8.72. The molecule has 2 heterocycles. The van der Waals surface area contributed by atoms with Crippen molar-refractivity contribution in [1.82, 2.24) is 19.9 Å². The Labute approximate surface area is 179 Å². The molecule has 0 N–H and O–H groups in total. The number of piperidine rings is 1. The highest BCUT2D eigenvalue weighted by Gasteiger charge is 2.27. The van der Waals surface area contributed by atoms with Gasteiger partial charge in [0.05, 0.1) is 24.6 Å². The summed E-state index contributed by atoms with van der Waals surface area (Å²) in [6.07, 6.45) is 4.84. The van der Waals surface area contributed by atoms with Crippen molar-refractivity contribution in [1.29, 1.82) is 0 Å². The fourth-order valence-corrected chi connectivity index (χ4v) is 3.85. The van der Waals surface area contributed by atoms with Crippen LogP contribution in [0.15, 0.2) is 48.8 Å². The summed E-state index contributed by atoms with van der Waals surface area (Å²) in [6, 6.07) is 9.62. The number of aromatic nitrogens is 3. The molecule has 0 aliphatic carbocycles. The molecule has 4 rings (SSSR count). The first kappa shape index (κ1) is 20.3. The van der Waals surface area contributed by atoms with Gasteiger partial charge in [-0.2, -0.15) is 15.0 Å². The third-order valence-electron chi connectivity index (χ3n) is 5.26. The average molecular weight is 429 g/mol. The van der Waals surface area contributed by atoms with E-state index in [1.807, 2.05) is 25.1 Å². The molecule has 1 saturated heterocycles. The summed E-state index contributed by atoms with van der Waals surface area (Å²) in [5.41, 5.74) is 1.73. The standard InChI is InChI=1S/C22H22ClFN4O2/c1-15-4-5-17(23)11-21(15)30-14-16-3-2-10-27(13-16)22(29)19-7-6-18(24)12-20(19)28-25-8-9-26-28/h4-9,11-12,16H,2-3,10,13-14H2,1H3/t16-/m1/s1. The molecule has 1 fully saturated rings. The molecule has 0 radical (unpaired) electrons. The minimum absolute atomic E-state index is 0.161. The van der Waals surface area contributed by atoms with Crippen LogP contribution < -0.4 is 4.74 Å². The zero-order chi connectivity index (χ0) is 21.1. The van der Waals surface area contributed by atoms with Gasteiger partial charge in [0.1, 0.15) is 17.3 Å². The number of benzene rings is 2. The molecule has 0 spiro atoms. The minimum atomic E-state index is -0.444. The number of halogens is 2. The van der Waals surface area contributed by atoms with Crippen LogP contribution in [0.4, 0.5) is 4.39 Å². The number of carbonyl (C=O) groups excluding carboxylic acids is 1. The van der Waals surface area contributed by atoms with E-state index in [1.54, 1.807) is 4.90 Å². The van der Waals surface area contributed by atoms with Gasteiger partial charge < -0.3 is 9.64 Å². The van der Waals surface area contributed by atoms with Gasteiger partial charge in [0, 0.05) is 30.1 Å². The maximum absolute atomic E-state index is 13.8. The second-order valence-corrected chi connectivity index (χ2v) is 7.90. The number of ether oxygens (including phenoxy) is 1. The quantitative estimate of drug-likeness (QED) is 0.608. The van der Waals surface area contributed by atoms with Crippen molar-refractivity contribution in [2.75, 3.05) is 19.7 Å². The molecular weight excluding hydrogens is 407 g/mol. The number of likely N-dealkylation sites (tertiary alicyclic amines) is 1. The van der Waals surface area contributed by atoms with Gasteiger partial charge in [0.25, 0.3) is 5.91 Å². The number of aryl methyl sites for hydroxylation is 1. The third-order valence-corrected chi connectivity index (χ3v) is 5.49. The van der Waals surface area contributed by atoms with Gasteiger partial charge in [0.15, 0.2) is 0 Å². The van der Waals surface area contributed by atoms with E-state index in [1.165, 1.54) is 35.4 Å². The SMILES string of the molecule is Cc1ccc(Cl)cc1OC[C@@H]1CCCN(C(=O)c2ccc(F)cc2-n2nccn2)C1. The van der Waals surface area contributed by atoms with Crippen LogP contribution in [0, 0.1) is 18.7 Å². The van der Waals surface area contributed by atoms with Crippen molar-refractivity contribution >= 4 is 17.5 Å². The van der Waals surface area contributed by atoms with Crippen molar-refractivity contribution in [3.63, 3.8) is 0 Å². The zero-order valence-electron chi connectivity index (χ0n) is 16.6.